The number of carbonyl (C=O) groups is 2. The molecular formula is C14H14N2O3. The monoisotopic (exact) mass is 258 g/mol. The average Bonchev–Trinajstić information content (AvgIpc) is 3.13. The minimum Gasteiger partial charge on any atom is -0.480 e. The molecule has 0 unspecified atom stereocenters. The van der Waals surface area contributed by atoms with Crippen molar-refractivity contribution in [2.24, 2.45) is 5.41 Å². The number of aromatic nitrogens is 1. The Kier molecular flexibility index (Phi) is 2.55. The number of nitrogens with one attached hydrogen (secondary N) is 2. The van der Waals surface area contributed by atoms with Gasteiger partial charge in [0.25, 0.3) is 0 Å². The summed E-state index contributed by atoms with van der Waals surface area (Å²) >= 11 is 0. The number of H-pyrrole nitrogens is 1. The van der Waals surface area contributed by atoms with Crippen molar-refractivity contribution in [3.05, 3.63) is 36.0 Å². The first-order valence-corrected chi connectivity index (χ1v) is 6.20. The van der Waals surface area contributed by atoms with Crippen LogP contribution in [-0.4, -0.2) is 22.0 Å². The van der Waals surface area contributed by atoms with E-state index in [1.54, 1.807) is 0 Å². The molecule has 0 bridgehead atoms. The lowest BCUT2D eigenvalue weighted by Gasteiger charge is -2.10. The first-order valence-electron chi connectivity index (χ1n) is 6.20. The standard InChI is InChI=1S/C14H14N2O3/c17-12(14(5-6-14)13(18)19)16-8-9-7-15-11-4-2-1-3-10(9)11/h1-4,7,15H,5-6,8H2,(H,16,17)(H,18,19). The number of carboxylic acid groups (broad SMARTS) is 1. The molecule has 1 amide bonds. The van der Waals surface area contributed by atoms with Crippen LogP contribution in [0.5, 0.6) is 0 Å². The Balaban J connectivity index is 1.73. The van der Waals surface area contributed by atoms with Gasteiger partial charge in [0.2, 0.25) is 5.91 Å². The predicted molar refractivity (Wildman–Crippen MR) is 69.4 cm³/mol. The summed E-state index contributed by atoms with van der Waals surface area (Å²) < 4.78 is 0. The van der Waals surface area contributed by atoms with Crippen molar-refractivity contribution < 1.29 is 14.7 Å². The van der Waals surface area contributed by atoms with E-state index in [0.29, 0.717) is 19.4 Å². The van der Waals surface area contributed by atoms with E-state index in [-0.39, 0.29) is 5.91 Å². The molecule has 1 fully saturated rings. The van der Waals surface area contributed by atoms with Crippen LogP contribution in [0.1, 0.15) is 18.4 Å². The van der Waals surface area contributed by atoms with Gasteiger partial charge in [-0.25, -0.2) is 0 Å². The first kappa shape index (κ1) is 11.8. The van der Waals surface area contributed by atoms with Crippen molar-refractivity contribution >= 4 is 22.8 Å². The van der Waals surface area contributed by atoms with E-state index in [1.165, 1.54) is 0 Å². The van der Waals surface area contributed by atoms with Crippen molar-refractivity contribution in [3.8, 4) is 0 Å². The third kappa shape index (κ3) is 1.87. The number of carboxylic acids is 1. The first-order chi connectivity index (χ1) is 9.13. The number of benzene rings is 1. The lowest BCUT2D eigenvalue weighted by Crippen LogP contribution is -2.36. The van der Waals surface area contributed by atoms with E-state index >= 15 is 0 Å². The normalized spacial score (nSPS) is 16.2. The molecule has 0 aliphatic heterocycles. The van der Waals surface area contributed by atoms with Gasteiger partial charge in [-0.3, -0.25) is 9.59 Å². The summed E-state index contributed by atoms with van der Waals surface area (Å²) in [5, 5.41) is 12.8. The zero-order valence-electron chi connectivity index (χ0n) is 10.3. The molecule has 0 spiro atoms. The Bertz CT molecular complexity index is 656. The summed E-state index contributed by atoms with van der Waals surface area (Å²) in [5.74, 6) is -1.41. The number of fused-ring (bicyclic) bond motifs is 1. The number of aliphatic carboxylic acids is 1. The van der Waals surface area contributed by atoms with Gasteiger partial charge >= 0.3 is 5.97 Å². The van der Waals surface area contributed by atoms with Gasteiger partial charge in [-0.15, -0.1) is 0 Å². The molecule has 1 aliphatic carbocycles. The second kappa shape index (κ2) is 4.12. The van der Waals surface area contributed by atoms with Gasteiger partial charge in [0.05, 0.1) is 0 Å². The van der Waals surface area contributed by atoms with Crippen LogP contribution in [-0.2, 0) is 16.1 Å². The number of aromatic amines is 1. The van der Waals surface area contributed by atoms with Crippen LogP contribution >= 0.6 is 0 Å². The molecule has 3 rings (SSSR count). The SMILES string of the molecule is O=C(O)C1(C(=O)NCc2c[nH]c3ccccc23)CC1. The second-order valence-corrected chi connectivity index (χ2v) is 4.93. The molecule has 1 aliphatic rings. The Morgan fingerprint density at radius 2 is 2.05 bits per heavy atom. The molecule has 0 atom stereocenters. The maximum Gasteiger partial charge on any atom is 0.319 e. The molecule has 5 nitrogen and oxygen atoms in total. The minimum atomic E-state index is -1.17. The highest BCUT2D eigenvalue weighted by Crippen LogP contribution is 2.46. The van der Waals surface area contributed by atoms with Gasteiger partial charge in [0.15, 0.2) is 0 Å². The van der Waals surface area contributed by atoms with Crippen LogP contribution in [0.3, 0.4) is 0 Å². The van der Waals surface area contributed by atoms with Crippen molar-refractivity contribution in [3.63, 3.8) is 0 Å². The number of hydrogen-bond acceptors (Lipinski definition) is 2. The van der Waals surface area contributed by atoms with Crippen LogP contribution in [0.25, 0.3) is 10.9 Å². The molecule has 1 aromatic carbocycles. The van der Waals surface area contributed by atoms with E-state index in [4.69, 9.17) is 5.11 Å². The van der Waals surface area contributed by atoms with Crippen molar-refractivity contribution in [1.29, 1.82) is 0 Å². The fourth-order valence-electron chi connectivity index (χ4n) is 2.29. The Morgan fingerprint density at radius 3 is 2.74 bits per heavy atom. The number of amides is 1. The van der Waals surface area contributed by atoms with Crippen LogP contribution in [0.2, 0.25) is 0 Å². The maximum absolute atomic E-state index is 11.9. The quantitative estimate of drug-likeness (QED) is 0.729. The zero-order valence-corrected chi connectivity index (χ0v) is 10.3. The number of rotatable bonds is 4. The van der Waals surface area contributed by atoms with E-state index in [9.17, 15) is 9.59 Å². The molecule has 98 valence electrons. The fraction of sp³-hybridized carbons (Fsp3) is 0.286. The summed E-state index contributed by atoms with van der Waals surface area (Å²) in [4.78, 5) is 26.1. The molecule has 0 radical (unpaired) electrons. The van der Waals surface area contributed by atoms with Gasteiger partial charge in [0.1, 0.15) is 5.41 Å². The second-order valence-electron chi connectivity index (χ2n) is 4.93. The average molecular weight is 258 g/mol. The summed E-state index contributed by atoms with van der Waals surface area (Å²) in [6.07, 6.45) is 2.70. The molecule has 3 N–H and O–H groups in total. The number of carbonyl (C=O) groups excluding carboxylic acids is 1. The lowest BCUT2D eigenvalue weighted by atomic mass is 10.1. The van der Waals surface area contributed by atoms with E-state index in [0.717, 1.165) is 16.5 Å². The van der Waals surface area contributed by atoms with Gasteiger partial charge < -0.3 is 15.4 Å². The molecule has 0 saturated heterocycles. The predicted octanol–water partition coefficient (Wildman–Crippen LogP) is 1.65. The Labute approximate surface area is 109 Å². The number of hydrogen-bond donors (Lipinski definition) is 3. The summed E-state index contributed by atoms with van der Waals surface area (Å²) in [5.41, 5.74) is 0.794. The molecule has 5 heteroatoms. The Morgan fingerprint density at radius 1 is 1.32 bits per heavy atom. The third-order valence-corrected chi connectivity index (χ3v) is 3.71. The molecule has 1 heterocycles. The zero-order chi connectivity index (χ0) is 13.5. The van der Waals surface area contributed by atoms with Gasteiger partial charge in [-0.1, -0.05) is 18.2 Å². The summed E-state index contributed by atoms with van der Waals surface area (Å²) in [7, 11) is 0. The van der Waals surface area contributed by atoms with Crippen LogP contribution in [0, 0.1) is 5.41 Å². The van der Waals surface area contributed by atoms with E-state index in [2.05, 4.69) is 10.3 Å². The molecular weight excluding hydrogens is 244 g/mol. The van der Waals surface area contributed by atoms with Crippen LogP contribution < -0.4 is 5.32 Å². The van der Waals surface area contributed by atoms with Crippen LogP contribution in [0.15, 0.2) is 30.5 Å². The molecule has 1 aromatic heterocycles. The maximum atomic E-state index is 11.9. The molecule has 2 aromatic rings. The Hall–Kier alpha value is -2.30. The third-order valence-electron chi connectivity index (χ3n) is 3.71. The summed E-state index contributed by atoms with van der Waals surface area (Å²) in [6.45, 7) is 0.345. The topological polar surface area (TPSA) is 82.2 Å². The highest BCUT2D eigenvalue weighted by molar-refractivity contribution is 6.04. The number of para-hydroxylation sites is 1. The van der Waals surface area contributed by atoms with Crippen molar-refractivity contribution in [2.75, 3.05) is 0 Å². The van der Waals surface area contributed by atoms with Crippen molar-refractivity contribution in [1.82, 2.24) is 10.3 Å². The molecule has 19 heavy (non-hydrogen) atoms. The van der Waals surface area contributed by atoms with E-state index in [1.807, 2.05) is 30.5 Å². The minimum absolute atomic E-state index is 0.345. The van der Waals surface area contributed by atoms with Gasteiger partial charge in [-0.05, 0) is 24.5 Å². The highest BCUT2D eigenvalue weighted by atomic mass is 16.4. The van der Waals surface area contributed by atoms with Crippen LogP contribution in [0.4, 0.5) is 0 Å². The highest BCUT2D eigenvalue weighted by Gasteiger charge is 2.56. The molecule has 1 saturated carbocycles. The summed E-state index contributed by atoms with van der Waals surface area (Å²) in [6, 6.07) is 7.80. The van der Waals surface area contributed by atoms with Crippen molar-refractivity contribution in [2.45, 2.75) is 19.4 Å². The van der Waals surface area contributed by atoms with Gasteiger partial charge in [-0.2, -0.15) is 0 Å². The smallest absolute Gasteiger partial charge is 0.319 e. The fourth-order valence-corrected chi connectivity index (χ4v) is 2.29. The van der Waals surface area contributed by atoms with Gasteiger partial charge in [0, 0.05) is 23.6 Å². The lowest BCUT2D eigenvalue weighted by molar-refractivity contribution is -0.149. The van der Waals surface area contributed by atoms with E-state index < -0.39 is 11.4 Å². The largest absolute Gasteiger partial charge is 0.480 e.